The van der Waals surface area contributed by atoms with Gasteiger partial charge in [-0.05, 0) is 42.5 Å². The van der Waals surface area contributed by atoms with E-state index in [1.165, 1.54) is 19.3 Å². The van der Waals surface area contributed by atoms with Crippen molar-refractivity contribution in [2.45, 2.75) is 44.0 Å². The molecule has 106 valence electrons. The fourth-order valence-electron chi connectivity index (χ4n) is 2.33. The predicted molar refractivity (Wildman–Crippen MR) is 76.2 cm³/mol. The maximum Gasteiger partial charge on any atom is 0.240 e. The summed E-state index contributed by atoms with van der Waals surface area (Å²) in [5, 5.41) is 0. The van der Waals surface area contributed by atoms with Crippen LogP contribution in [0.2, 0.25) is 0 Å². The minimum atomic E-state index is -3.38. The first-order valence-corrected chi connectivity index (χ1v) is 8.30. The molecule has 0 amide bonds. The quantitative estimate of drug-likeness (QED) is 0.837. The van der Waals surface area contributed by atoms with Gasteiger partial charge in [-0.15, -0.1) is 0 Å². The van der Waals surface area contributed by atoms with E-state index in [1.807, 2.05) is 6.92 Å². The molecule has 0 spiro atoms. The van der Waals surface area contributed by atoms with Crippen molar-refractivity contribution in [3.63, 3.8) is 0 Å². The first-order chi connectivity index (χ1) is 9.03. The van der Waals surface area contributed by atoms with Gasteiger partial charge in [-0.3, -0.25) is 0 Å². The first kappa shape index (κ1) is 14.5. The number of aryl methyl sites for hydroxylation is 1. The van der Waals surface area contributed by atoms with Gasteiger partial charge in [0.25, 0.3) is 0 Å². The fraction of sp³-hybridized carbons (Fsp3) is 0.571. The van der Waals surface area contributed by atoms with Crippen molar-refractivity contribution in [1.82, 2.24) is 4.72 Å². The summed E-state index contributed by atoms with van der Waals surface area (Å²) in [5.74, 6) is 0.712. The minimum Gasteiger partial charge on any atom is -0.326 e. The number of rotatable bonds is 6. The molecule has 0 aliphatic heterocycles. The molecule has 0 atom stereocenters. The normalized spacial score (nSPS) is 16.3. The summed E-state index contributed by atoms with van der Waals surface area (Å²) in [5.41, 5.74) is 7.48. The molecular formula is C14H22N2O2S. The minimum absolute atomic E-state index is 0.329. The maximum atomic E-state index is 12.1. The van der Waals surface area contributed by atoms with Gasteiger partial charge in [0.1, 0.15) is 0 Å². The van der Waals surface area contributed by atoms with Gasteiger partial charge in [0.2, 0.25) is 10.0 Å². The van der Waals surface area contributed by atoms with Gasteiger partial charge in [-0.25, -0.2) is 13.1 Å². The molecule has 0 radical (unpaired) electrons. The van der Waals surface area contributed by atoms with E-state index in [0.717, 1.165) is 17.5 Å². The molecular weight excluding hydrogens is 260 g/mol. The molecule has 0 saturated heterocycles. The lowest BCUT2D eigenvalue weighted by Gasteiger charge is -2.25. The van der Waals surface area contributed by atoms with E-state index >= 15 is 0 Å². The molecule has 0 unspecified atom stereocenters. The smallest absolute Gasteiger partial charge is 0.240 e. The largest absolute Gasteiger partial charge is 0.326 e. The van der Waals surface area contributed by atoms with Gasteiger partial charge in [-0.2, -0.15) is 0 Å². The second-order valence-electron chi connectivity index (χ2n) is 5.28. The van der Waals surface area contributed by atoms with Gasteiger partial charge in [-0.1, -0.05) is 25.3 Å². The second-order valence-corrected chi connectivity index (χ2v) is 7.04. The third-order valence-corrected chi connectivity index (χ3v) is 5.37. The number of benzene rings is 1. The molecule has 19 heavy (non-hydrogen) atoms. The van der Waals surface area contributed by atoms with Crippen LogP contribution in [0.5, 0.6) is 0 Å². The lowest BCUT2D eigenvalue weighted by molar-refractivity contribution is 0.297. The van der Waals surface area contributed by atoms with E-state index in [0.29, 0.717) is 23.9 Å². The molecule has 1 saturated carbocycles. The van der Waals surface area contributed by atoms with E-state index in [-0.39, 0.29) is 0 Å². The van der Waals surface area contributed by atoms with Crippen LogP contribution >= 0.6 is 0 Å². The lowest BCUT2D eigenvalue weighted by Crippen LogP contribution is -2.27. The highest BCUT2D eigenvalue weighted by Crippen LogP contribution is 2.28. The molecule has 0 bridgehead atoms. The standard InChI is InChI=1S/C14H22N2O2S/c1-11-9-14(6-5-13(11)10-15)19(17,18)16-8-7-12-3-2-4-12/h5-6,9,12,16H,2-4,7-8,10,15H2,1H3. The number of hydrogen-bond donors (Lipinski definition) is 2. The average Bonchev–Trinajstić information content (AvgIpc) is 2.32. The highest BCUT2D eigenvalue weighted by Gasteiger charge is 2.19. The molecule has 5 heteroatoms. The second kappa shape index (κ2) is 6.03. The highest BCUT2D eigenvalue weighted by atomic mass is 32.2. The van der Waals surface area contributed by atoms with Gasteiger partial charge in [0.15, 0.2) is 0 Å². The van der Waals surface area contributed by atoms with Gasteiger partial charge < -0.3 is 5.73 Å². The SMILES string of the molecule is Cc1cc(S(=O)(=O)NCCC2CCC2)ccc1CN. The van der Waals surface area contributed by atoms with Crippen LogP contribution in [-0.2, 0) is 16.6 Å². The van der Waals surface area contributed by atoms with Crippen LogP contribution in [0.4, 0.5) is 0 Å². The van der Waals surface area contributed by atoms with Crippen molar-refractivity contribution in [3.8, 4) is 0 Å². The molecule has 0 heterocycles. The van der Waals surface area contributed by atoms with Crippen molar-refractivity contribution >= 4 is 10.0 Å². The number of nitrogens with two attached hydrogens (primary N) is 1. The van der Waals surface area contributed by atoms with Crippen molar-refractivity contribution in [1.29, 1.82) is 0 Å². The van der Waals surface area contributed by atoms with E-state index in [9.17, 15) is 8.42 Å². The van der Waals surface area contributed by atoms with Crippen LogP contribution in [0.15, 0.2) is 23.1 Å². The summed E-state index contributed by atoms with van der Waals surface area (Å²) in [6.07, 6.45) is 4.72. The maximum absolute atomic E-state index is 12.1. The van der Waals surface area contributed by atoms with Gasteiger partial charge in [0.05, 0.1) is 4.90 Å². The predicted octanol–water partition coefficient (Wildman–Crippen LogP) is 1.92. The van der Waals surface area contributed by atoms with Crippen LogP contribution in [0, 0.1) is 12.8 Å². The average molecular weight is 282 g/mol. The van der Waals surface area contributed by atoms with Crippen LogP contribution < -0.4 is 10.5 Å². The Balaban J connectivity index is 1.99. The molecule has 1 aromatic carbocycles. The van der Waals surface area contributed by atoms with Crippen LogP contribution in [0.3, 0.4) is 0 Å². The van der Waals surface area contributed by atoms with Crippen molar-refractivity contribution in [3.05, 3.63) is 29.3 Å². The molecule has 0 aromatic heterocycles. The Kier molecular flexibility index (Phi) is 4.60. The first-order valence-electron chi connectivity index (χ1n) is 6.82. The Labute approximate surface area is 115 Å². The third kappa shape index (κ3) is 3.55. The Hall–Kier alpha value is -0.910. The molecule has 3 N–H and O–H groups in total. The zero-order chi connectivity index (χ0) is 13.9. The zero-order valence-corrected chi connectivity index (χ0v) is 12.2. The van der Waals surface area contributed by atoms with Crippen molar-refractivity contribution < 1.29 is 8.42 Å². The van der Waals surface area contributed by atoms with Crippen LogP contribution in [-0.4, -0.2) is 15.0 Å². The summed E-state index contributed by atoms with van der Waals surface area (Å²) in [4.78, 5) is 0.329. The van der Waals surface area contributed by atoms with Crippen molar-refractivity contribution in [2.75, 3.05) is 6.54 Å². The summed E-state index contributed by atoms with van der Waals surface area (Å²) in [7, 11) is -3.38. The van der Waals surface area contributed by atoms with Crippen LogP contribution in [0.25, 0.3) is 0 Å². The van der Waals surface area contributed by atoms with E-state index in [1.54, 1.807) is 18.2 Å². The van der Waals surface area contributed by atoms with E-state index in [4.69, 9.17) is 5.73 Å². The fourth-order valence-corrected chi connectivity index (χ4v) is 3.46. The van der Waals surface area contributed by atoms with E-state index < -0.39 is 10.0 Å². The Morgan fingerprint density at radius 3 is 2.63 bits per heavy atom. The zero-order valence-electron chi connectivity index (χ0n) is 11.4. The number of nitrogens with one attached hydrogen (secondary N) is 1. The number of sulfonamides is 1. The molecule has 1 aliphatic rings. The van der Waals surface area contributed by atoms with Gasteiger partial charge in [0, 0.05) is 13.1 Å². The Morgan fingerprint density at radius 2 is 2.11 bits per heavy atom. The third-order valence-electron chi connectivity index (χ3n) is 3.91. The summed E-state index contributed by atoms with van der Waals surface area (Å²) >= 11 is 0. The summed E-state index contributed by atoms with van der Waals surface area (Å²) in [6.45, 7) is 2.85. The Bertz CT molecular complexity index is 536. The summed E-state index contributed by atoms with van der Waals surface area (Å²) in [6, 6.07) is 5.10. The molecule has 1 fully saturated rings. The monoisotopic (exact) mass is 282 g/mol. The molecule has 4 nitrogen and oxygen atoms in total. The highest BCUT2D eigenvalue weighted by molar-refractivity contribution is 7.89. The number of hydrogen-bond acceptors (Lipinski definition) is 3. The van der Waals surface area contributed by atoms with Crippen molar-refractivity contribution in [2.24, 2.45) is 11.7 Å². The van der Waals surface area contributed by atoms with E-state index in [2.05, 4.69) is 4.72 Å². The summed E-state index contributed by atoms with van der Waals surface area (Å²) < 4.78 is 26.9. The molecule has 1 aromatic rings. The van der Waals surface area contributed by atoms with Crippen LogP contribution in [0.1, 0.15) is 36.8 Å². The molecule has 1 aliphatic carbocycles. The lowest BCUT2D eigenvalue weighted by atomic mass is 9.83. The molecule has 2 rings (SSSR count). The van der Waals surface area contributed by atoms with Gasteiger partial charge >= 0.3 is 0 Å². The Morgan fingerprint density at radius 1 is 1.37 bits per heavy atom. The topological polar surface area (TPSA) is 72.2 Å².